The van der Waals surface area contributed by atoms with Crippen LogP contribution in [0, 0.1) is 5.92 Å². The van der Waals surface area contributed by atoms with Crippen LogP contribution >= 0.6 is 0 Å². The molecule has 0 spiro atoms. The molecule has 1 amide bonds. The van der Waals surface area contributed by atoms with Crippen molar-refractivity contribution in [3.63, 3.8) is 0 Å². The van der Waals surface area contributed by atoms with Crippen molar-refractivity contribution in [2.24, 2.45) is 5.92 Å². The Morgan fingerprint density at radius 1 is 1.12 bits per heavy atom. The monoisotopic (exact) mass is 536 g/mol. The summed E-state index contributed by atoms with van der Waals surface area (Å²) in [5.74, 6) is 0.907. The SMILES string of the molecule is CC.CCCOC(=O)N1CCC([O][Pb][NH]C2CCC(C)CC2)CC1. The maximum absolute atomic E-state index is 11.8. The predicted molar refractivity (Wildman–Crippen MR) is 99.0 cm³/mol. The van der Waals surface area contributed by atoms with Gasteiger partial charge >= 0.3 is 148 Å². The van der Waals surface area contributed by atoms with Crippen LogP contribution in [0.3, 0.4) is 0 Å². The summed E-state index contributed by atoms with van der Waals surface area (Å²) in [6, 6.07) is 0.712. The van der Waals surface area contributed by atoms with Gasteiger partial charge in [0.2, 0.25) is 0 Å². The van der Waals surface area contributed by atoms with Gasteiger partial charge in [-0.05, 0) is 0 Å². The van der Waals surface area contributed by atoms with E-state index in [9.17, 15) is 4.79 Å². The Balaban J connectivity index is 0.00000139. The van der Waals surface area contributed by atoms with E-state index in [-0.39, 0.29) is 6.09 Å². The minimum absolute atomic E-state index is 0.156. The molecule has 0 aromatic heterocycles. The molecular weight excluding hydrogens is 499 g/mol. The minimum atomic E-state index is -1.14. The number of ether oxygens (including phenoxy) is 1. The summed E-state index contributed by atoms with van der Waals surface area (Å²) >= 11 is -1.14. The van der Waals surface area contributed by atoms with E-state index < -0.39 is 25.0 Å². The van der Waals surface area contributed by atoms with Crippen molar-refractivity contribution in [2.75, 3.05) is 19.7 Å². The molecule has 2 rings (SSSR count). The van der Waals surface area contributed by atoms with Crippen LogP contribution < -0.4 is 3.13 Å². The van der Waals surface area contributed by atoms with E-state index in [1.54, 1.807) is 0 Å². The van der Waals surface area contributed by atoms with Gasteiger partial charge in [-0.2, -0.15) is 0 Å². The number of nitrogens with one attached hydrogen (secondary N) is 1. The van der Waals surface area contributed by atoms with Crippen LogP contribution in [0.5, 0.6) is 0 Å². The first-order valence-electron chi connectivity index (χ1n) is 9.77. The number of carbonyl (C=O) groups excluding carboxylic acids is 1. The third kappa shape index (κ3) is 8.47. The first kappa shape index (κ1) is 22.2. The van der Waals surface area contributed by atoms with Crippen LogP contribution in [-0.2, 0) is 7.42 Å². The molecule has 1 aliphatic heterocycles. The molecule has 0 unspecified atom stereocenters. The molecule has 0 aromatic carbocycles. The first-order valence-corrected chi connectivity index (χ1v) is 13.3. The molecule has 1 heterocycles. The molecule has 140 valence electrons. The summed E-state index contributed by atoms with van der Waals surface area (Å²) in [6.45, 7) is 10.4. The molecule has 1 saturated heterocycles. The third-order valence-corrected chi connectivity index (χ3v) is 8.43. The third-order valence-electron chi connectivity index (χ3n) is 4.63. The van der Waals surface area contributed by atoms with Crippen LogP contribution in [0.4, 0.5) is 4.79 Å². The van der Waals surface area contributed by atoms with E-state index >= 15 is 0 Å². The number of hydrogen-bond acceptors (Lipinski definition) is 4. The number of rotatable bonds is 6. The molecule has 0 bridgehead atoms. The molecular formula is C18H36N2O3Pb. The molecule has 24 heavy (non-hydrogen) atoms. The van der Waals surface area contributed by atoms with Crippen molar-refractivity contribution in [3.8, 4) is 0 Å². The fourth-order valence-electron chi connectivity index (χ4n) is 3.04. The van der Waals surface area contributed by atoms with Crippen molar-refractivity contribution in [1.82, 2.24) is 8.03 Å². The van der Waals surface area contributed by atoms with Crippen molar-refractivity contribution in [1.29, 1.82) is 0 Å². The standard InChI is InChI=1S/C9H16NO3.C7H14N.C2H6.Pb/c1-2-7-13-9(12)10-5-3-8(11)4-6-10;1-6-2-4-7(8)5-3-6;1-2;/h8H,2-7H2,1H3;6-8H,2-5H2,1H3;1-2H3;/q2*-1;;+2. The Kier molecular flexibility index (Phi) is 12.3. The average Bonchev–Trinajstić information content (AvgIpc) is 2.63. The van der Waals surface area contributed by atoms with Crippen LogP contribution in [-0.4, -0.2) is 67.8 Å². The topological polar surface area (TPSA) is 50.8 Å². The van der Waals surface area contributed by atoms with E-state index in [1.165, 1.54) is 25.7 Å². The van der Waals surface area contributed by atoms with Crippen LogP contribution in [0.2, 0.25) is 0 Å². The second-order valence-electron chi connectivity index (χ2n) is 6.62. The average molecular weight is 536 g/mol. The number of piperidine rings is 1. The number of amides is 1. The van der Waals surface area contributed by atoms with Gasteiger partial charge < -0.3 is 0 Å². The molecule has 2 radical (unpaired) electrons. The van der Waals surface area contributed by atoms with Crippen LogP contribution in [0.25, 0.3) is 0 Å². The van der Waals surface area contributed by atoms with Crippen molar-refractivity contribution in [3.05, 3.63) is 0 Å². The molecule has 2 aliphatic rings. The summed E-state index contributed by atoms with van der Waals surface area (Å²) in [6.07, 6.45) is 8.35. The van der Waals surface area contributed by atoms with Crippen LogP contribution in [0.15, 0.2) is 0 Å². The van der Waals surface area contributed by atoms with Gasteiger partial charge in [-0.1, -0.05) is 13.8 Å². The Morgan fingerprint density at radius 2 is 1.75 bits per heavy atom. The van der Waals surface area contributed by atoms with Gasteiger partial charge in [0, 0.05) is 0 Å². The Labute approximate surface area is 161 Å². The van der Waals surface area contributed by atoms with E-state index in [4.69, 9.17) is 7.42 Å². The predicted octanol–water partition coefficient (Wildman–Crippen LogP) is 3.74. The first-order chi connectivity index (χ1) is 11.7. The Hall–Kier alpha value is 0.112. The van der Waals surface area contributed by atoms with Gasteiger partial charge in [0.1, 0.15) is 0 Å². The number of likely N-dealkylation sites (tertiary alicyclic amines) is 1. The molecule has 0 aromatic rings. The normalized spacial score (nSPS) is 24.9. The maximum atomic E-state index is 11.8. The zero-order valence-corrected chi connectivity index (χ0v) is 19.9. The number of hydrogen-bond donors (Lipinski definition) is 1. The van der Waals surface area contributed by atoms with Crippen molar-refractivity contribution >= 4 is 31.1 Å². The zero-order valence-electron chi connectivity index (χ0n) is 16.0. The second kappa shape index (κ2) is 13.3. The number of nitrogens with zero attached hydrogens (tertiary/aromatic N) is 1. The van der Waals surface area contributed by atoms with E-state index in [2.05, 4.69) is 10.1 Å². The van der Waals surface area contributed by atoms with Gasteiger partial charge in [0.05, 0.1) is 0 Å². The van der Waals surface area contributed by atoms with E-state index in [1.807, 2.05) is 25.7 Å². The summed E-state index contributed by atoms with van der Waals surface area (Å²) in [5, 5.41) is 0. The van der Waals surface area contributed by atoms with Crippen molar-refractivity contribution < 1.29 is 12.2 Å². The summed E-state index contributed by atoms with van der Waals surface area (Å²) in [7, 11) is 0. The molecule has 1 N–H and O–H groups in total. The molecule has 0 atom stereocenters. The Bertz CT molecular complexity index is 328. The van der Waals surface area contributed by atoms with E-state index in [0.717, 1.165) is 38.3 Å². The van der Waals surface area contributed by atoms with Gasteiger partial charge in [-0.3, -0.25) is 0 Å². The zero-order chi connectivity index (χ0) is 17.8. The molecule has 1 aliphatic carbocycles. The van der Waals surface area contributed by atoms with Crippen LogP contribution in [0.1, 0.15) is 72.6 Å². The van der Waals surface area contributed by atoms with Gasteiger partial charge in [-0.25, -0.2) is 0 Å². The fraction of sp³-hybridized carbons (Fsp3) is 0.944. The van der Waals surface area contributed by atoms with Gasteiger partial charge in [0.25, 0.3) is 0 Å². The Morgan fingerprint density at radius 3 is 2.33 bits per heavy atom. The quantitative estimate of drug-likeness (QED) is 0.527. The summed E-state index contributed by atoms with van der Waals surface area (Å²) in [4.78, 5) is 13.6. The number of carbonyl (C=O) groups is 1. The second-order valence-corrected chi connectivity index (χ2v) is 9.45. The van der Waals surface area contributed by atoms with Gasteiger partial charge in [-0.15, -0.1) is 0 Å². The molecule has 2 fully saturated rings. The summed E-state index contributed by atoms with van der Waals surface area (Å²) in [5.41, 5.74) is 0. The van der Waals surface area contributed by atoms with Gasteiger partial charge in [0.15, 0.2) is 0 Å². The fourth-order valence-corrected chi connectivity index (χ4v) is 6.64. The molecule has 5 nitrogen and oxygen atoms in total. The van der Waals surface area contributed by atoms with E-state index in [0.29, 0.717) is 18.8 Å². The molecule has 6 heteroatoms. The summed E-state index contributed by atoms with van der Waals surface area (Å²) < 4.78 is 15.0. The molecule has 1 saturated carbocycles. The van der Waals surface area contributed by atoms with Crippen molar-refractivity contribution in [2.45, 2.75) is 84.8 Å².